The van der Waals surface area contributed by atoms with Gasteiger partial charge in [0.15, 0.2) is 16.6 Å². The van der Waals surface area contributed by atoms with Gasteiger partial charge in [0, 0.05) is 0 Å². The Morgan fingerprint density at radius 3 is 2.08 bits per heavy atom. The molecule has 3 rings (SSSR count). The molecule has 0 bridgehead atoms. The van der Waals surface area contributed by atoms with Gasteiger partial charge in [-0.05, 0) is 82.2 Å². The van der Waals surface area contributed by atoms with Crippen LogP contribution >= 0.6 is 0 Å². The topological polar surface area (TPSA) is 42.0 Å². The number of aliphatic hydroxyl groups excluding tert-OH is 1. The number of ether oxygens (including phenoxy) is 1. The molecule has 0 radical (unpaired) electrons. The number of rotatable bonds is 8. The van der Waals surface area contributed by atoms with Crippen LogP contribution in [-0.4, -0.2) is 40.1 Å². The molecule has 3 nitrogen and oxygen atoms in total. The van der Waals surface area contributed by atoms with Crippen molar-refractivity contribution in [2.75, 3.05) is 0 Å². The van der Waals surface area contributed by atoms with Gasteiger partial charge in [-0.3, -0.25) is 0 Å². The monoisotopic (exact) mass is 384 g/mol. The van der Waals surface area contributed by atoms with Crippen LogP contribution in [0.4, 0.5) is 0 Å². The van der Waals surface area contributed by atoms with E-state index in [1.54, 1.807) is 0 Å². The van der Waals surface area contributed by atoms with E-state index in [0.717, 1.165) is 24.7 Å². The lowest BCUT2D eigenvalue weighted by Crippen LogP contribution is -2.44. The van der Waals surface area contributed by atoms with Crippen LogP contribution in [0.3, 0.4) is 0 Å². The number of hydrogen-bond acceptors (Lipinski definition) is 3. The molecule has 5 heteroatoms. The van der Waals surface area contributed by atoms with E-state index in [4.69, 9.17) is 8.85 Å². The van der Waals surface area contributed by atoms with Crippen molar-refractivity contribution in [1.82, 2.24) is 0 Å². The number of hydrogen-bond donors (Lipinski definition) is 1. The Kier molecular flexibility index (Phi) is 6.52. The first-order chi connectivity index (χ1) is 11.7. The summed E-state index contributed by atoms with van der Waals surface area (Å²) in [6, 6.07) is 2.58. The highest BCUT2D eigenvalue weighted by Crippen LogP contribution is 2.42. The summed E-state index contributed by atoms with van der Waals surface area (Å²) >= 11 is 0. The zero-order chi connectivity index (χ0) is 18.1. The second-order valence-corrected chi connectivity index (χ2v) is 19.1. The summed E-state index contributed by atoms with van der Waals surface area (Å²) in [6.45, 7) is 9.71. The molecule has 0 aromatic rings. The van der Waals surface area contributed by atoms with Crippen LogP contribution in [0, 0.1) is 11.8 Å². The van der Waals surface area contributed by atoms with E-state index in [9.17, 15) is 5.11 Å². The van der Waals surface area contributed by atoms with E-state index in [1.807, 2.05) is 0 Å². The van der Waals surface area contributed by atoms with Gasteiger partial charge >= 0.3 is 0 Å². The lowest BCUT2D eigenvalue weighted by atomic mass is 9.86. The summed E-state index contributed by atoms with van der Waals surface area (Å²) in [7, 11) is -3.14. The average molecular weight is 385 g/mol. The number of epoxide rings is 1. The summed E-state index contributed by atoms with van der Waals surface area (Å²) in [5.74, 6) is 1.62. The van der Waals surface area contributed by atoms with Gasteiger partial charge in [0.1, 0.15) is 0 Å². The summed E-state index contributed by atoms with van der Waals surface area (Å²) in [6.07, 6.45) is 12.4. The molecule has 5 atom stereocenters. The maximum atomic E-state index is 9.89. The highest BCUT2D eigenvalue weighted by atomic mass is 28.4. The summed E-state index contributed by atoms with van der Waals surface area (Å²) in [4.78, 5) is 0. The molecule has 2 aliphatic carbocycles. The number of aliphatic hydroxyl groups is 1. The Labute approximate surface area is 157 Å². The van der Waals surface area contributed by atoms with Gasteiger partial charge < -0.3 is 14.0 Å². The van der Waals surface area contributed by atoms with Crippen LogP contribution in [0.25, 0.3) is 0 Å². The Morgan fingerprint density at radius 2 is 1.48 bits per heavy atom. The van der Waals surface area contributed by atoms with Gasteiger partial charge in [0.2, 0.25) is 0 Å². The third-order valence-electron chi connectivity index (χ3n) is 6.73. The molecule has 25 heavy (non-hydrogen) atoms. The van der Waals surface area contributed by atoms with Crippen molar-refractivity contribution in [1.29, 1.82) is 0 Å². The predicted molar refractivity (Wildman–Crippen MR) is 109 cm³/mol. The summed E-state index contributed by atoms with van der Waals surface area (Å²) in [5, 5.41) is 9.89. The molecule has 1 saturated heterocycles. The van der Waals surface area contributed by atoms with Crippen LogP contribution < -0.4 is 0 Å². The minimum absolute atomic E-state index is 0.0409. The molecule has 1 aliphatic heterocycles. The first-order valence-electron chi connectivity index (χ1n) is 10.8. The molecule has 1 N–H and O–H groups in total. The molecule has 2 saturated carbocycles. The van der Waals surface area contributed by atoms with Crippen molar-refractivity contribution in [3.8, 4) is 0 Å². The van der Waals surface area contributed by atoms with Crippen LogP contribution in [0.5, 0.6) is 0 Å². The molecule has 0 amide bonds. The Balaban J connectivity index is 1.38. The van der Waals surface area contributed by atoms with Gasteiger partial charge in [-0.25, -0.2) is 0 Å². The van der Waals surface area contributed by atoms with Crippen molar-refractivity contribution < 1.29 is 14.0 Å². The molecular formula is C20H40O3Si2. The van der Waals surface area contributed by atoms with Crippen LogP contribution in [-0.2, 0) is 8.85 Å². The molecule has 0 aromatic heterocycles. The van der Waals surface area contributed by atoms with Gasteiger partial charge in [0.25, 0.3) is 0 Å². The molecule has 1 heterocycles. The second-order valence-electron chi connectivity index (χ2n) is 10.3. The largest absolute Gasteiger partial charge is 0.455 e. The normalized spacial score (nSPS) is 36.1. The number of fused-ring (bicyclic) bond motifs is 1. The van der Waals surface area contributed by atoms with Gasteiger partial charge in [-0.1, -0.05) is 25.7 Å². The molecular weight excluding hydrogens is 344 g/mol. The van der Waals surface area contributed by atoms with E-state index in [0.29, 0.717) is 12.2 Å². The average Bonchev–Trinajstić information content (AvgIpc) is 3.29. The highest BCUT2D eigenvalue weighted by Gasteiger charge is 2.44. The van der Waals surface area contributed by atoms with Gasteiger partial charge in [0.05, 0.1) is 18.3 Å². The quantitative estimate of drug-likeness (QED) is 0.455. The standard InChI is InChI=1S/C20H40O3Si2/c1-24(2,12-10-16-6-5-7-18(21)14-16)23-25(3,4)13-11-17-8-9-19-20(15-17)22-19/h16-21H,5-15H2,1-4H3. The molecule has 5 unspecified atom stereocenters. The maximum Gasteiger partial charge on any atom is 0.173 e. The summed E-state index contributed by atoms with van der Waals surface area (Å²) < 4.78 is 12.5. The van der Waals surface area contributed by atoms with Crippen molar-refractivity contribution in [3.63, 3.8) is 0 Å². The Morgan fingerprint density at radius 1 is 0.840 bits per heavy atom. The van der Waals surface area contributed by atoms with Gasteiger partial charge in [-0.2, -0.15) is 0 Å². The van der Waals surface area contributed by atoms with E-state index >= 15 is 0 Å². The molecule has 146 valence electrons. The molecule has 0 aromatic carbocycles. The van der Waals surface area contributed by atoms with Crippen LogP contribution in [0.15, 0.2) is 0 Å². The maximum absolute atomic E-state index is 9.89. The molecule has 3 aliphatic rings. The first-order valence-corrected chi connectivity index (χ1v) is 17.0. The molecule has 0 spiro atoms. The van der Waals surface area contributed by atoms with E-state index in [-0.39, 0.29) is 6.10 Å². The highest BCUT2D eigenvalue weighted by molar-refractivity contribution is 6.84. The fraction of sp³-hybridized carbons (Fsp3) is 1.00. The second kappa shape index (κ2) is 8.13. The van der Waals surface area contributed by atoms with E-state index in [2.05, 4.69) is 26.2 Å². The first kappa shape index (κ1) is 20.1. The van der Waals surface area contributed by atoms with Crippen molar-refractivity contribution in [2.45, 2.75) is 114 Å². The van der Waals surface area contributed by atoms with Crippen LogP contribution in [0.1, 0.15) is 57.8 Å². The van der Waals surface area contributed by atoms with Gasteiger partial charge in [-0.15, -0.1) is 0 Å². The third-order valence-corrected chi connectivity index (χ3v) is 14.1. The zero-order valence-corrected chi connectivity index (χ0v) is 18.9. The zero-order valence-electron chi connectivity index (χ0n) is 16.9. The van der Waals surface area contributed by atoms with E-state index in [1.165, 1.54) is 57.0 Å². The smallest absolute Gasteiger partial charge is 0.173 e. The Hall–Kier alpha value is 0.314. The SMILES string of the molecule is C[Si](C)(CCC1CCCC(O)C1)O[Si](C)(C)CCC1CCC2OC2C1. The third kappa shape index (κ3) is 6.45. The van der Waals surface area contributed by atoms with Crippen molar-refractivity contribution in [3.05, 3.63) is 0 Å². The van der Waals surface area contributed by atoms with Crippen molar-refractivity contribution in [2.24, 2.45) is 11.8 Å². The summed E-state index contributed by atoms with van der Waals surface area (Å²) in [5.41, 5.74) is 0. The van der Waals surface area contributed by atoms with E-state index < -0.39 is 16.6 Å². The van der Waals surface area contributed by atoms with Crippen LogP contribution in [0.2, 0.25) is 38.3 Å². The molecule has 3 fully saturated rings. The Bertz CT molecular complexity index is 421. The predicted octanol–water partition coefficient (Wildman–Crippen LogP) is 5.31. The van der Waals surface area contributed by atoms with Crippen molar-refractivity contribution >= 4 is 16.6 Å². The minimum atomic E-state index is -1.58. The lowest BCUT2D eigenvalue weighted by molar-refractivity contribution is 0.0995. The fourth-order valence-corrected chi connectivity index (χ4v) is 14.2. The fourth-order valence-electron chi connectivity index (χ4n) is 5.23. The lowest BCUT2D eigenvalue weighted by Gasteiger charge is -2.36. The minimum Gasteiger partial charge on any atom is -0.455 e.